The number of hydrogen-bond acceptors (Lipinski definition) is 3. The first-order valence-corrected chi connectivity index (χ1v) is 5.93. The Kier molecular flexibility index (Phi) is 5.59. The number of rotatable bonds is 6. The molecule has 0 bridgehead atoms. The highest BCUT2D eigenvalue weighted by Crippen LogP contribution is 2.31. The molecule has 0 saturated heterocycles. The van der Waals surface area contributed by atoms with E-state index in [-0.39, 0.29) is 12.5 Å². The Balaban J connectivity index is 2.21. The van der Waals surface area contributed by atoms with Gasteiger partial charge in [-0.25, -0.2) is 0 Å². The van der Waals surface area contributed by atoms with E-state index in [9.17, 15) is 22.8 Å². The van der Waals surface area contributed by atoms with Gasteiger partial charge in [-0.2, -0.15) is 13.2 Å². The SMILES string of the molecule is O=C(COCC(F)(F)F)NCC1CCCC1C(=O)O. The van der Waals surface area contributed by atoms with Gasteiger partial charge in [0, 0.05) is 6.54 Å². The van der Waals surface area contributed by atoms with Gasteiger partial charge in [0.15, 0.2) is 0 Å². The van der Waals surface area contributed by atoms with E-state index in [2.05, 4.69) is 10.1 Å². The minimum absolute atomic E-state index is 0.158. The molecule has 1 saturated carbocycles. The average Bonchev–Trinajstić information content (AvgIpc) is 2.72. The molecule has 0 aromatic carbocycles. The van der Waals surface area contributed by atoms with Crippen molar-refractivity contribution >= 4 is 11.9 Å². The predicted octanol–water partition coefficient (Wildman–Crippen LogP) is 1.18. The van der Waals surface area contributed by atoms with Crippen molar-refractivity contribution in [2.24, 2.45) is 11.8 Å². The summed E-state index contributed by atoms with van der Waals surface area (Å²) < 4.78 is 39.5. The van der Waals surface area contributed by atoms with E-state index >= 15 is 0 Å². The number of carbonyl (C=O) groups is 2. The van der Waals surface area contributed by atoms with Crippen LogP contribution in [0.25, 0.3) is 0 Å². The van der Waals surface area contributed by atoms with Gasteiger partial charge in [-0.05, 0) is 18.8 Å². The molecule has 0 aromatic heterocycles. The van der Waals surface area contributed by atoms with Crippen molar-refractivity contribution in [3.63, 3.8) is 0 Å². The van der Waals surface area contributed by atoms with Crippen molar-refractivity contribution in [1.82, 2.24) is 5.32 Å². The molecule has 0 spiro atoms. The smallest absolute Gasteiger partial charge is 0.411 e. The minimum Gasteiger partial charge on any atom is -0.481 e. The first-order chi connectivity index (χ1) is 8.79. The minimum atomic E-state index is -4.46. The Morgan fingerprint density at radius 2 is 2.00 bits per heavy atom. The largest absolute Gasteiger partial charge is 0.481 e. The molecule has 0 aromatic rings. The molecule has 2 atom stereocenters. The summed E-state index contributed by atoms with van der Waals surface area (Å²) in [6.45, 7) is -1.99. The average molecular weight is 283 g/mol. The van der Waals surface area contributed by atoms with Gasteiger partial charge < -0.3 is 15.2 Å². The van der Waals surface area contributed by atoms with Crippen LogP contribution in [0.15, 0.2) is 0 Å². The Bertz CT molecular complexity index is 332. The van der Waals surface area contributed by atoms with Crippen LogP contribution in [-0.2, 0) is 14.3 Å². The molecule has 19 heavy (non-hydrogen) atoms. The third-order valence-corrected chi connectivity index (χ3v) is 3.04. The van der Waals surface area contributed by atoms with Gasteiger partial charge in [-0.15, -0.1) is 0 Å². The van der Waals surface area contributed by atoms with Crippen LogP contribution >= 0.6 is 0 Å². The van der Waals surface area contributed by atoms with Crippen molar-refractivity contribution < 1.29 is 32.6 Å². The second kappa shape index (κ2) is 6.74. The van der Waals surface area contributed by atoms with E-state index in [0.29, 0.717) is 12.8 Å². The summed E-state index contributed by atoms with van der Waals surface area (Å²) in [4.78, 5) is 22.1. The molecule has 8 heteroatoms. The highest BCUT2D eigenvalue weighted by atomic mass is 19.4. The van der Waals surface area contributed by atoms with Crippen molar-refractivity contribution in [3.8, 4) is 0 Å². The Morgan fingerprint density at radius 3 is 2.58 bits per heavy atom. The van der Waals surface area contributed by atoms with E-state index in [1.165, 1.54) is 0 Å². The summed E-state index contributed by atoms with van der Waals surface area (Å²) in [6.07, 6.45) is -2.41. The number of amides is 1. The number of hydrogen-bond donors (Lipinski definition) is 2. The van der Waals surface area contributed by atoms with Crippen LogP contribution in [0.4, 0.5) is 13.2 Å². The number of nitrogens with one attached hydrogen (secondary N) is 1. The lowest BCUT2D eigenvalue weighted by Crippen LogP contribution is -2.35. The summed E-state index contributed by atoms with van der Waals surface area (Å²) in [7, 11) is 0. The molecule has 2 N–H and O–H groups in total. The summed E-state index contributed by atoms with van der Waals surface area (Å²) in [5.74, 6) is -2.22. The van der Waals surface area contributed by atoms with Crippen molar-refractivity contribution in [1.29, 1.82) is 0 Å². The van der Waals surface area contributed by atoms with E-state index in [4.69, 9.17) is 5.11 Å². The van der Waals surface area contributed by atoms with Crippen LogP contribution in [0.2, 0.25) is 0 Å². The Morgan fingerprint density at radius 1 is 1.32 bits per heavy atom. The molecule has 5 nitrogen and oxygen atoms in total. The topological polar surface area (TPSA) is 75.6 Å². The standard InChI is InChI=1S/C11H16F3NO4/c12-11(13,14)6-19-5-9(16)15-4-7-2-1-3-8(7)10(17)18/h7-8H,1-6H2,(H,15,16)(H,17,18). The molecular formula is C11H16F3NO4. The number of carbonyl (C=O) groups excluding carboxylic acids is 1. The molecule has 0 radical (unpaired) electrons. The summed E-state index contributed by atoms with van der Waals surface area (Å²) in [5, 5.41) is 11.3. The lowest BCUT2D eigenvalue weighted by molar-refractivity contribution is -0.175. The fourth-order valence-corrected chi connectivity index (χ4v) is 2.16. The van der Waals surface area contributed by atoms with Crippen LogP contribution in [0.1, 0.15) is 19.3 Å². The van der Waals surface area contributed by atoms with Gasteiger partial charge in [0.1, 0.15) is 13.2 Å². The monoisotopic (exact) mass is 283 g/mol. The molecule has 1 rings (SSSR count). The molecule has 110 valence electrons. The Hall–Kier alpha value is -1.31. The number of ether oxygens (including phenoxy) is 1. The number of halogens is 3. The van der Waals surface area contributed by atoms with Gasteiger partial charge in [0.05, 0.1) is 5.92 Å². The first kappa shape index (κ1) is 15.7. The van der Waals surface area contributed by atoms with Crippen LogP contribution < -0.4 is 5.32 Å². The summed E-state index contributed by atoms with van der Waals surface area (Å²) in [6, 6.07) is 0. The first-order valence-electron chi connectivity index (χ1n) is 5.93. The molecule has 1 amide bonds. The van der Waals surface area contributed by atoms with Gasteiger partial charge in [0.25, 0.3) is 0 Å². The van der Waals surface area contributed by atoms with Gasteiger partial charge in [0.2, 0.25) is 5.91 Å². The maximum Gasteiger partial charge on any atom is 0.411 e. The van der Waals surface area contributed by atoms with Crippen molar-refractivity contribution in [2.75, 3.05) is 19.8 Å². The van der Waals surface area contributed by atoms with Crippen LogP contribution in [0, 0.1) is 11.8 Å². The van der Waals surface area contributed by atoms with Crippen LogP contribution in [0.3, 0.4) is 0 Å². The lowest BCUT2D eigenvalue weighted by atomic mass is 9.96. The van der Waals surface area contributed by atoms with Gasteiger partial charge >= 0.3 is 12.1 Å². The number of alkyl halides is 3. The molecule has 1 aliphatic rings. The van der Waals surface area contributed by atoms with Crippen LogP contribution in [-0.4, -0.2) is 42.9 Å². The fraction of sp³-hybridized carbons (Fsp3) is 0.818. The maximum atomic E-state index is 11.8. The second-order valence-corrected chi connectivity index (χ2v) is 4.55. The van der Waals surface area contributed by atoms with E-state index in [1.54, 1.807) is 0 Å². The Labute approximate surface area is 108 Å². The fourth-order valence-electron chi connectivity index (χ4n) is 2.16. The number of carboxylic acid groups (broad SMARTS) is 1. The molecular weight excluding hydrogens is 267 g/mol. The van der Waals surface area contributed by atoms with Gasteiger partial charge in [-0.1, -0.05) is 6.42 Å². The third kappa shape index (κ3) is 5.91. The summed E-state index contributed by atoms with van der Waals surface area (Å²) >= 11 is 0. The van der Waals surface area contributed by atoms with Crippen molar-refractivity contribution in [3.05, 3.63) is 0 Å². The molecule has 0 heterocycles. The predicted molar refractivity (Wildman–Crippen MR) is 58.4 cm³/mol. The zero-order valence-electron chi connectivity index (χ0n) is 10.2. The van der Waals surface area contributed by atoms with Crippen molar-refractivity contribution in [2.45, 2.75) is 25.4 Å². The molecule has 0 aliphatic heterocycles. The van der Waals surface area contributed by atoms with E-state index < -0.39 is 37.2 Å². The highest BCUT2D eigenvalue weighted by Gasteiger charge is 2.33. The zero-order valence-corrected chi connectivity index (χ0v) is 10.2. The highest BCUT2D eigenvalue weighted by molar-refractivity contribution is 5.77. The molecule has 1 fully saturated rings. The van der Waals surface area contributed by atoms with E-state index in [1.807, 2.05) is 0 Å². The molecule has 1 aliphatic carbocycles. The molecule has 2 unspecified atom stereocenters. The number of aliphatic carboxylic acids is 1. The quantitative estimate of drug-likeness (QED) is 0.767. The summed E-state index contributed by atoms with van der Waals surface area (Å²) in [5.41, 5.74) is 0. The third-order valence-electron chi connectivity index (χ3n) is 3.04. The second-order valence-electron chi connectivity index (χ2n) is 4.55. The van der Waals surface area contributed by atoms with Crippen LogP contribution in [0.5, 0.6) is 0 Å². The lowest BCUT2D eigenvalue weighted by Gasteiger charge is -2.16. The maximum absolute atomic E-state index is 11.8. The zero-order chi connectivity index (χ0) is 14.5. The number of carboxylic acids is 1. The van der Waals surface area contributed by atoms with Gasteiger partial charge in [-0.3, -0.25) is 9.59 Å². The normalized spacial score (nSPS) is 23.3. The van der Waals surface area contributed by atoms with E-state index in [0.717, 1.165) is 6.42 Å².